The van der Waals surface area contributed by atoms with Crippen LogP contribution in [0.2, 0.25) is 0 Å². The van der Waals surface area contributed by atoms with Crippen molar-refractivity contribution < 1.29 is 14.7 Å². The number of benzene rings is 4. The first-order chi connectivity index (χ1) is 14.2. The Hall–Kier alpha value is -2.91. The van der Waals surface area contributed by atoms with Crippen LogP contribution in [-0.4, -0.2) is 17.4 Å². The Kier molecular flexibility index (Phi) is 8.03. The zero-order valence-corrected chi connectivity index (χ0v) is 16.8. The van der Waals surface area contributed by atoms with E-state index < -0.39 is 15.2 Å². The lowest BCUT2D eigenvalue weighted by Gasteiger charge is -2.18. The zero-order valence-electron chi connectivity index (χ0n) is 15.9. The summed E-state index contributed by atoms with van der Waals surface area (Å²) in [4.78, 5) is 0. The fraction of sp³-hybridized carbons (Fsp3) is 0. The van der Waals surface area contributed by atoms with Crippen LogP contribution in [0.1, 0.15) is 0 Å². The van der Waals surface area contributed by atoms with Crippen molar-refractivity contribution in [2.24, 2.45) is 0 Å². The Morgan fingerprint density at radius 1 is 0.483 bits per heavy atom. The molecule has 0 atom stereocenters. The number of hydrogen-bond donors (Lipinski definition) is 2. The van der Waals surface area contributed by atoms with Gasteiger partial charge in [-0.25, -0.2) is 0 Å². The van der Waals surface area contributed by atoms with Gasteiger partial charge in [-0.3, -0.25) is 0 Å². The quantitative estimate of drug-likeness (QED) is 0.399. The molecule has 4 aromatic rings. The first kappa shape index (κ1) is 20.8. The normalized spacial score (nSPS) is 10.0. The van der Waals surface area contributed by atoms with E-state index in [4.69, 9.17) is 10.0 Å². The van der Waals surface area contributed by atoms with Crippen LogP contribution >= 0.6 is 7.92 Å². The number of rotatable bonds is 5. The molecular formula is C24H22BO3P. The Balaban J connectivity index is 0.000000204. The lowest BCUT2D eigenvalue weighted by atomic mass is 10.2. The van der Waals surface area contributed by atoms with E-state index in [1.807, 2.05) is 6.07 Å². The van der Waals surface area contributed by atoms with Gasteiger partial charge >= 0.3 is 7.32 Å². The van der Waals surface area contributed by atoms with Crippen LogP contribution in [0.5, 0.6) is 5.75 Å². The molecule has 0 aliphatic carbocycles. The molecule has 0 fully saturated rings. The van der Waals surface area contributed by atoms with Gasteiger partial charge in [-0.05, 0) is 36.0 Å². The molecule has 0 saturated heterocycles. The fourth-order valence-electron chi connectivity index (χ4n) is 2.80. The maximum absolute atomic E-state index is 8.34. The highest BCUT2D eigenvalue weighted by Crippen LogP contribution is 2.32. The van der Waals surface area contributed by atoms with Crippen molar-refractivity contribution >= 4 is 31.2 Å². The van der Waals surface area contributed by atoms with Gasteiger partial charge in [-0.1, -0.05) is 109 Å². The van der Waals surface area contributed by atoms with Crippen molar-refractivity contribution in [1.82, 2.24) is 0 Å². The fourth-order valence-corrected chi connectivity index (χ4v) is 5.10. The van der Waals surface area contributed by atoms with E-state index in [2.05, 4.69) is 95.6 Å². The summed E-state index contributed by atoms with van der Waals surface area (Å²) in [6.45, 7) is 0. The van der Waals surface area contributed by atoms with Crippen molar-refractivity contribution in [2.75, 3.05) is 0 Å². The minimum atomic E-state index is -1.73. The van der Waals surface area contributed by atoms with Crippen molar-refractivity contribution in [2.45, 2.75) is 0 Å². The molecule has 0 spiro atoms. The summed E-state index contributed by atoms with van der Waals surface area (Å²) < 4.78 is 4.53. The molecule has 29 heavy (non-hydrogen) atoms. The smallest absolute Gasteiger partial charge is 0.512 e. The molecule has 144 valence electrons. The molecule has 4 rings (SSSR count). The predicted molar refractivity (Wildman–Crippen MR) is 122 cm³/mol. The lowest BCUT2D eigenvalue weighted by molar-refractivity contribution is 0.288. The van der Waals surface area contributed by atoms with E-state index in [-0.39, 0.29) is 0 Å². The molecule has 0 amide bonds. The Bertz CT molecular complexity index is 858. The Labute approximate surface area is 173 Å². The van der Waals surface area contributed by atoms with Crippen LogP contribution in [-0.2, 0) is 0 Å². The van der Waals surface area contributed by atoms with E-state index in [1.54, 1.807) is 24.3 Å². The Morgan fingerprint density at radius 3 is 1.10 bits per heavy atom. The highest BCUT2D eigenvalue weighted by molar-refractivity contribution is 7.79. The largest absolute Gasteiger partial charge is 0.707 e. The second-order valence-electron chi connectivity index (χ2n) is 6.10. The topological polar surface area (TPSA) is 49.7 Å². The van der Waals surface area contributed by atoms with Gasteiger partial charge in [-0.15, -0.1) is 0 Å². The molecular weight excluding hydrogens is 378 g/mol. The summed E-state index contributed by atoms with van der Waals surface area (Å²) in [5.41, 5.74) is 0. The molecule has 0 bridgehead atoms. The highest BCUT2D eigenvalue weighted by atomic mass is 31.1. The summed E-state index contributed by atoms with van der Waals surface area (Å²) in [7, 11) is -2.18. The average molecular weight is 400 g/mol. The van der Waals surface area contributed by atoms with E-state index in [0.29, 0.717) is 5.75 Å². The molecule has 0 unspecified atom stereocenters. The van der Waals surface area contributed by atoms with Gasteiger partial charge < -0.3 is 14.7 Å². The first-order valence-corrected chi connectivity index (χ1v) is 10.6. The second kappa shape index (κ2) is 11.2. The third-order valence-corrected chi connectivity index (χ3v) is 6.47. The molecule has 4 aromatic carbocycles. The van der Waals surface area contributed by atoms with Gasteiger partial charge in [0.2, 0.25) is 0 Å². The van der Waals surface area contributed by atoms with Crippen molar-refractivity contribution in [3.8, 4) is 5.75 Å². The van der Waals surface area contributed by atoms with Gasteiger partial charge in [0.1, 0.15) is 5.75 Å². The molecule has 0 heterocycles. The van der Waals surface area contributed by atoms with Gasteiger partial charge in [0, 0.05) is 0 Å². The van der Waals surface area contributed by atoms with Crippen LogP contribution in [0.15, 0.2) is 121 Å². The SMILES string of the molecule is OB(O)Oc1ccccc1.c1ccc(P(c2ccccc2)c2ccccc2)cc1. The van der Waals surface area contributed by atoms with Crippen molar-refractivity contribution in [1.29, 1.82) is 0 Å². The molecule has 0 aliphatic heterocycles. The summed E-state index contributed by atoms with van der Waals surface area (Å²) in [5, 5.41) is 20.9. The van der Waals surface area contributed by atoms with Crippen LogP contribution < -0.4 is 20.6 Å². The van der Waals surface area contributed by atoms with Crippen molar-refractivity contribution in [3.63, 3.8) is 0 Å². The monoisotopic (exact) mass is 400 g/mol. The summed E-state index contributed by atoms with van der Waals surface area (Å²) in [6, 6.07) is 40.9. The lowest BCUT2D eigenvalue weighted by Crippen LogP contribution is -2.20. The van der Waals surface area contributed by atoms with Crippen LogP contribution in [0.25, 0.3) is 0 Å². The standard InChI is InChI=1S/C18H15P.C6H7BO3/c1-4-10-16(11-5-1)19(17-12-6-2-7-13-17)18-14-8-3-9-15-18;8-7(9)10-6-4-2-1-3-5-6/h1-15H;1-5,8-9H. The molecule has 2 N–H and O–H groups in total. The average Bonchev–Trinajstić information content (AvgIpc) is 2.77. The van der Waals surface area contributed by atoms with Gasteiger partial charge in [0.05, 0.1) is 0 Å². The Morgan fingerprint density at radius 2 is 0.793 bits per heavy atom. The maximum atomic E-state index is 8.34. The van der Waals surface area contributed by atoms with Crippen LogP contribution in [0.3, 0.4) is 0 Å². The van der Waals surface area contributed by atoms with Crippen LogP contribution in [0.4, 0.5) is 0 Å². The highest BCUT2D eigenvalue weighted by Gasteiger charge is 2.15. The van der Waals surface area contributed by atoms with Gasteiger partial charge in [0.25, 0.3) is 0 Å². The third kappa shape index (κ3) is 6.58. The zero-order chi connectivity index (χ0) is 20.3. The molecule has 5 heteroatoms. The molecule has 3 nitrogen and oxygen atoms in total. The predicted octanol–water partition coefficient (Wildman–Crippen LogP) is 3.48. The van der Waals surface area contributed by atoms with E-state index in [0.717, 1.165) is 0 Å². The van der Waals surface area contributed by atoms with Gasteiger partial charge in [-0.2, -0.15) is 0 Å². The summed E-state index contributed by atoms with van der Waals surface area (Å²) in [5.74, 6) is 0.442. The summed E-state index contributed by atoms with van der Waals surface area (Å²) in [6.07, 6.45) is 0. The second-order valence-corrected chi connectivity index (χ2v) is 8.32. The minimum Gasteiger partial charge on any atom is -0.512 e. The molecule has 0 saturated carbocycles. The molecule has 0 aliphatic rings. The number of hydrogen-bond acceptors (Lipinski definition) is 3. The van der Waals surface area contributed by atoms with E-state index in [1.165, 1.54) is 15.9 Å². The van der Waals surface area contributed by atoms with E-state index in [9.17, 15) is 0 Å². The minimum absolute atomic E-state index is 0.442. The van der Waals surface area contributed by atoms with Crippen LogP contribution in [0, 0.1) is 0 Å². The summed E-state index contributed by atoms with van der Waals surface area (Å²) >= 11 is 0. The number of para-hydroxylation sites is 1. The first-order valence-electron chi connectivity index (χ1n) is 9.27. The van der Waals surface area contributed by atoms with Gasteiger partial charge in [0.15, 0.2) is 0 Å². The van der Waals surface area contributed by atoms with Crippen molar-refractivity contribution in [3.05, 3.63) is 121 Å². The third-order valence-electron chi connectivity index (χ3n) is 4.03. The molecule has 0 radical (unpaired) electrons. The maximum Gasteiger partial charge on any atom is 0.707 e. The molecule has 0 aromatic heterocycles. The van der Waals surface area contributed by atoms with E-state index >= 15 is 0 Å².